The first-order valence-electron chi connectivity index (χ1n) is 9.59. The first-order valence-corrected chi connectivity index (χ1v) is 9.59. The Kier molecular flexibility index (Phi) is 9.00. The zero-order chi connectivity index (χ0) is 23.9. The fourth-order valence-corrected chi connectivity index (χ4v) is 2.96. The van der Waals surface area contributed by atoms with Crippen molar-refractivity contribution in [2.45, 2.75) is 51.0 Å². The van der Waals surface area contributed by atoms with Gasteiger partial charge in [-0.2, -0.15) is 26.3 Å². The van der Waals surface area contributed by atoms with E-state index in [0.717, 1.165) is 0 Å². The van der Waals surface area contributed by atoms with E-state index in [1.165, 1.54) is 6.42 Å². The summed E-state index contributed by atoms with van der Waals surface area (Å²) in [6.45, 7) is 3.70. The molecule has 0 unspecified atom stereocenters. The fourth-order valence-electron chi connectivity index (χ4n) is 2.96. The molecule has 2 rings (SSSR count). The number of nitrogens with one attached hydrogen (secondary N) is 2. The van der Waals surface area contributed by atoms with E-state index in [1.54, 1.807) is 39.8 Å². The van der Waals surface area contributed by atoms with Crippen molar-refractivity contribution in [1.82, 2.24) is 10.6 Å². The molecule has 0 aliphatic carbocycles. The fraction of sp³-hybridized carbons (Fsp3) is 0.579. The third kappa shape index (κ3) is 7.83. The molecule has 0 bridgehead atoms. The average Bonchev–Trinajstić information content (AvgIpc) is 2.66. The van der Waals surface area contributed by atoms with Crippen LogP contribution in [0.1, 0.15) is 33.1 Å². The van der Waals surface area contributed by atoms with Crippen molar-refractivity contribution in [3.05, 3.63) is 24.3 Å². The smallest absolute Gasteiger partial charge is 0.397 e. The average molecular weight is 456 g/mol. The SMILES string of the molecule is CCC.Nc1ccccc1N1CCC(CNC(=O)C(F)(F)F)(NC(=O)C(F)(F)F)CC1. The van der Waals surface area contributed by atoms with Crippen molar-refractivity contribution >= 4 is 23.2 Å². The number of carbonyl (C=O) groups is 2. The van der Waals surface area contributed by atoms with Crippen LogP contribution in [0.5, 0.6) is 0 Å². The van der Waals surface area contributed by atoms with Gasteiger partial charge in [0.25, 0.3) is 0 Å². The second-order valence-electron chi connectivity index (χ2n) is 7.17. The summed E-state index contributed by atoms with van der Waals surface area (Å²) in [7, 11) is 0. The molecule has 1 aliphatic rings. The summed E-state index contributed by atoms with van der Waals surface area (Å²) in [5.74, 6) is -4.57. The first kappa shape index (κ1) is 26.4. The summed E-state index contributed by atoms with van der Waals surface area (Å²) in [5, 5.41) is 3.33. The number of nitrogens with two attached hydrogens (primary N) is 1. The number of hydrogen-bond acceptors (Lipinski definition) is 4. The van der Waals surface area contributed by atoms with Crippen LogP contribution in [-0.2, 0) is 9.59 Å². The van der Waals surface area contributed by atoms with E-state index in [1.807, 2.05) is 0 Å². The Bertz CT molecular complexity index is 744. The maximum absolute atomic E-state index is 12.7. The number of halogens is 6. The van der Waals surface area contributed by atoms with E-state index in [2.05, 4.69) is 13.8 Å². The molecule has 1 aliphatic heterocycles. The van der Waals surface area contributed by atoms with Gasteiger partial charge >= 0.3 is 24.2 Å². The number of piperidine rings is 1. The zero-order valence-corrected chi connectivity index (χ0v) is 17.2. The quantitative estimate of drug-likeness (QED) is 0.479. The van der Waals surface area contributed by atoms with Gasteiger partial charge in [-0.3, -0.25) is 9.59 Å². The summed E-state index contributed by atoms with van der Waals surface area (Å²) in [6.07, 6.45) is -9.39. The molecule has 0 aromatic heterocycles. The predicted octanol–water partition coefficient (Wildman–Crippen LogP) is 3.38. The monoisotopic (exact) mass is 456 g/mol. The van der Waals surface area contributed by atoms with Crippen molar-refractivity contribution < 1.29 is 35.9 Å². The minimum absolute atomic E-state index is 0.119. The maximum Gasteiger partial charge on any atom is 0.471 e. The van der Waals surface area contributed by atoms with Crippen LogP contribution in [0, 0.1) is 0 Å². The van der Waals surface area contributed by atoms with Gasteiger partial charge < -0.3 is 21.3 Å². The van der Waals surface area contributed by atoms with Gasteiger partial charge in [-0.25, -0.2) is 0 Å². The molecule has 2 amide bonds. The minimum Gasteiger partial charge on any atom is -0.397 e. The molecule has 0 radical (unpaired) electrons. The van der Waals surface area contributed by atoms with E-state index in [-0.39, 0.29) is 25.9 Å². The number of para-hydroxylation sites is 2. The molecular formula is C19H26F6N4O2. The second kappa shape index (κ2) is 10.6. The molecule has 1 saturated heterocycles. The molecule has 0 atom stereocenters. The van der Waals surface area contributed by atoms with Crippen LogP contribution in [0.2, 0.25) is 0 Å². The molecule has 1 fully saturated rings. The van der Waals surface area contributed by atoms with Crippen LogP contribution in [0.4, 0.5) is 37.7 Å². The molecular weight excluding hydrogens is 430 g/mol. The van der Waals surface area contributed by atoms with Crippen molar-refractivity contribution in [2.24, 2.45) is 0 Å². The summed E-state index contributed by atoms with van der Waals surface area (Å²) >= 11 is 0. The van der Waals surface area contributed by atoms with E-state index < -0.39 is 36.3 Å². The Morgan fingerprint density at radius 3 is 1.94 bits per heavy atom. The molecule has 1 aromatic carbocycles. The lowest BCUT2D eigenvalue weighted by Gasteiger charge is -2.43. The van der Waals surface area contributed by atoms with E-state index in [0.29, 0.717) is 11.4 Å². The highest BCUT2D eigenvalue weighted by Gasteiger charge is 2.46. The molecule has 1 aromatic rings. The number of alkyl halides is 6. The number of nitrogens with zero attached hydrogens (tertiary/aromatic N) is 1. The zero-order valence-electron chi connectivity index (χ0n) is 17.2. The highest BCUT2D eigenvalue weighted by atomic mass is 19.4. The number of hydrogen-bond donors (Lipinski definition) is 3. The second-order valence-corrected chi connectivity index (χ2v) is 7.17. The summed E-state index contributed by atoms with van der Waals surface area (Å²) in [5.41, 5.74) is 5.24. The van der Waals surface area contributed by atoms with Gasteiger partial charge in [-0.15, -0.1) is 0 Å². The largest absolute Gasteiger partial charge is 0.471 e. The van der Waals surface area contributed by atoms with Crippen LogP contribution < -0.4 is 21.3 Å². The molecule has 12 heteroatoms. The van der Waals surface area contributed by atoms with Gasteiger partial charge in [0.15, 0.2) is 0 Å². The predicted molar refractivity (Wildman–Crippen MR) is 104 cm³/mol. The standard InChI is InChI=1S/C16H18F6N4O2.C3H8/c17-15(18,19)12(27)24-9-14(25-13(28)16(20,21)22)5-7-26(8-6-14)11-4-2-1-3-10(11)23;1-3-2/h1-4H,5-9,23H2,(H,24,27)(H,25,28);3H2,1-2H3. The van der Waals surface area contributed by atoms with Crippen LogP contribution in [-0.4, -0.2) is 49.3 Å². The lowest BCUT2D eigenvalue weighted by molar-refractivity contribution is -0.177. The highest BCUT2D eigenvalue weighted by molar-refractivity contribution is 5.83. The summed E-state index contributed by atoms with van der Waals surface area (Å²) < 4.78 is 75.2. The molecule has 1 heterocycles. The lowest BCUT2D eigenvalue weighted by atomic mass is 9.86. The van der Waals surface area contributed by atoms with Crippen LogP contribution >= 0.6 is 0 Å². The molecule has 0 saturated carbocycles. The molecule has 6 nitrogen and oxygen atoms in total. The molecule has 176 valence electrons. The summed E-state index contributed by atoms with van der Waals surface area (Å²) in [6, 6.07) is 6.74. The third-order valence-corrected chi connectivity index (χ3v) is 4.48. The van der Waals surface area contributed by atoms with Gasteiger partial charge in [0.2, 0.25) is 0 Å². The number of nitrogen functional groups attached to an aromatic ring is 1. The Hall–Kier alpha value is -2.66. The Morgan fingerprint density at radius 2 is 1.48 bits per heavy atom. The van der Waals surface area contributed by atoms with Gasteiger partial charge in [-0.05, 0) is 25.0 Å². The van der Waals surface area contributed by atoms with E-state index in [9.17, 15) is 35.9 Å². The Labute approximate surface area is 176 Å². The Balaban J connectivity index is 0.00000151. The van der Waals surface area contributed by atoms with Crippen LogP contribution in [0.3, 0.4) is 0 Å². The summed E-state index contributed by atoms with van der Waals surface area (Å²) in [4.78, 5) is 24.2. The number of carbonyl (C=O) groups excluding carboxylic acids is 2. The highest BCUT2D eigenvalue weighted by Crippen LogP contribution is 2.31. The first-order chi connectivity index (χ1) is 14.3. The third-order valence-electron chi connectivity index (χ3n) is 4.48. The topological polar surface area (TPSA) is 87.5 Å². The van der Waals surface area contributed by atoms with Crippen LogP contribution in [0.15, 0.2) is 24.3 Å². The molecule has 31 heavy (non-hydrogen) atoms. The normalized spacial score (nSPS) is 16.1. The number of amides is 2. The van der Waals surface area contributed by atoms with Crippen molar-refractivity contribution in [1.29, 1.82) is 0 Å². The van der Waals surface area contributed by atoms with E-state index in [4.69, 9.17) is 5.73 Å². The van der Waals surface area contributed by atoms with Gasteiger partial charge in [0.05, 0.1) is 16.9 Å². The van der Waals surface area contributed by atoms with Gasteiger partial charge in [-0.1, -0.05) is 32.4 Å². The van der Waals surface area contributed by atoms with Crippen molar-refractivity contribution in [3.63, 3.8) is 0 Å². The van der Waals surface area contributed by atoms with E-state index >= 15 is 0 Å². The number of rotatable bonds is 4. The van der Waals surface area contributed by atoms with Gasteiger partial charge in [0, 0.05) is 19.6 Å². The lowest BCUT2D eigenvalue weighted by Crippen LogP contribution is -2.63. The molecule has 4 N–H and O–H groups in total. The Morgan fingerprint density at radius 1 is 1.00 bits per heavy atom. The minimum atomic E-state index is -5.21. The number of anilines is 2. The van der Waals surface area contributed by atoms with Crippen molar-refractivity contribution in [2.75, 3.05) is 30.3 Å². The number of benzene rings is 1. The molecule has 0 spiro atoms. The maximum atomic E-state index is 12.7. The van der Waals surface area contributed by atoms with Crippen molar-refractivity contribution in [3.8, 4) is 0 Å². The van der Waals surface area contributed by atoms with Crippen LogP contribution in [0.25, 0.3) is 0 Å². The van der Waals surface area contributed by atoms with Gasteiger partial charge in [0.1, 0.15) is 0 Å².